The lowest BCUT2D eigenvalue weighted by Crippen LogP contribution is -2.38. The van der Waals surface area contributed by atoms with Crippen LogP contribution in [-0.4, -0.2) is 66.0 Å². The molecule has 0 N–H and O–H groups in total. The van der Waals surface area contributed by atoms with E-state index in [1.807, 2.05) is 42.5 Å². The van der Waals surface area contributed by atoms with E-state index in [2.05, 4.69) is 38.7 Å². The molecule has 0 saturated carbocycles. The molecule has 3 aromatic rings. The number of aromatic nitrogens is 3. The summed E-state index contributed by atoms with van der Waals surface area (Å²) in [5.41, 5.74) is 3.08. The summed E-state index contributed by atoms with van der Waals surface area (Å²) in [6, 6.07) is 18.0. The first-order chi connectivity index (χ1) is 15.1. The molecule has 0 bridgehead atoms. The SMILES string of the molecule is Cc1ccccc1-n1c(S[C@H](C(=O)N(C)C)c2ccccc2)nnc1N1CCOCC1. The van der Waals surface area contributed by atoms with Crippen molar-refractivity contribution in [3.63, 3.8) is 0 Å². The molecule has 1 atom stereocenters. The second-order valence-corrected chi connectivity index (χ2v) is 8.72. The highest BCUT2D eigenvalue weighted by molar-refractivity contribution is 8.00. The molecule has 1 aromatic heterocycles. The van der Waals surface area contributed by atoms with E-state index in [4.69, 9.17) is 4.74 Å². The molecule has 0 unspecified atom stereocenters. The number of thioether (sulfide) groups is 1. The number of hydrogen-bond donors (Lipinski definition) is 0. The minimum absolute atomic E-state index is 0.0171. The van der Waals surface area contributed by atoms with Crippen LogP contribution in [0.3, 0.4) is 0 Å². The van der Waals surface area contributed by atoms with Crippen LogP contribution in [0.5, 0.6) is 0 Å². The number of benzene rings is 2. The Balaban J connectivity index is 1.79. The van der Waals surface area contributed by atoms with Crippen molar-refractivity contribution in [2.24, 2.45) is 0 Å². The fraction of sp³-hybridized carbons (Fsp3) is 0.348. The highest BCUT2D eigenvalue weighted by Gasteiger charge is 2.29. The summed E-state index contributed by atoms with van der Waals surface area (Å²) in [5, 5.41) is 9.36. The molecular weight excluding hydrogens is 410 g/mol. The van der Waals surface area contributed by atoms with Gasteiger partial charge in [-0.05, 0) is 24.1 Å². The van der Waals surface area contributed by atoms with Gasteiger partial charge in [-0.2, -0.15) is 0 Å². The summed E-state index contributed by atoms with van der Waals surface area (Å²) in [7, 11) is 3.56. The van der Waals surface area contributed by atoms with Crippen LogP contribution in [0.25, 0.3) is 5.69 Å². The monoisotopic (exact) mass is 437 g/mol. The number of carbonyl (C=O) groups excluding carboxylic acids is 1. The third-order valence-electron chi connectivity index (χ3n) is 5.26. The zero-order valence-electron chi connectivity index (χ0n) is 18.1. The molecule has 2 aromatic carbocycles. The van der Waals surface area contributed by atoms with Crippen LogP contribution in [0.2, 0.25) is 0 Å². The average molecular weight is 438 g/mol. The van der Waals surface area contributed by atoms with Gasteiger partial charge in [0.15, 0.2) is 5.16 Å². The lowest BCUT2D eigenvalue weighted by atomic mass is 10.1. The van der Waals surface area contributed by atoms with Crippen molar-refractivity contribution in [3.8, 4) is 5.69 Å². The van der Waals surface area contributed by atoms with E-state index in [1.54, 1.807) is 19.0 Å². The summed E-state index contributed by atoms with van der Waals surface area (Å²) >= 11 is 1.43. The maximum Gasteiger partial charge on any atom is 0.240 e. The number of amides is 1. The lowest BCUT2D eigenvalue weighted by Gasteiger charge is -2.28. The van der Waals surface area contributed by atoms with E-state index in [0.717, 1.165) is 35.9 Å². The standard InChI is InChI=1S/C23H27N5O2S/c1-17-9-7-8-12-19(17)28-22(27-13-15-30-16-14-27)24-25-23(28)31-20(21(29)26(2)3)18-10-5-4-6-11-18/h4-12,20H,13-16H2,1-3H3/t20-/m0/s1. The summed E-state index contributed by atoms with van der Waals surface area (Å²) < 4.78 is 7.60. The van der Waals surface area contributed by atoms with Gasteiger partial charge in [0.2, 0.25) is 11.9 Å². The number of likely N-dealkylation sites (N-methyl/N-ethyl adjacent to an activating group) is 1. The van der Waals surface area contributed by atoms with Crippen LogP contribution in [0, 0.1) is 6.92 Å². The largest absolute Gasteiger partial charge is 0.378 e. The van der Waals surface area contributed by atoms with Gasteiger partial charge in [-0.1, -0.05) is 60.3 Å². The van der Waals surface area contributed by atoms with Crippen molar-refractivity contribution in [1.82, 2.24) is 19.7 Å². The fourth-order valence-corrected chi connectivity index (χ4v) is 4.75. The first-order valence-corrected chi connectivity index (χ1v) is 11.2. The normalized spacial score (nSPS) is 15.0. The van der Waals surface area contributed by atoms with E-state index in [0.29, 0.717) is 18.4 Å². The zero-order chi connectivity index (χ0) is 21.8. The lowest BCUT2D eigenvalue weighted by molar-refractivity contribution is -0.128. The van der Waals surface area contributed by atoms with Crippen molar-refractivity contribution < 1.29 is 9.53 Å². The van der Waals surface area contributed by atoms with Gasteiger partial charge in [-0.25, -0.2) is 0 Å². The maximum absolute atomic E-state index is 13.1. The van der Waals surface area contributed by atoms with Crippen LogP contribution in [0.15, 0.2) is 59.8 Å². The second-order valence-electron chi connectivity index (χ2n) is 7.65. The quantitative estimate of drug-likeness (QED) is 0.551. The minimum Gasteiger partial charge on any atom is -0.378 e. The highest BCUT2D eigenvalue weighted by Crippen LogP contribution is 2.38. The molecule has 1 fully saturated rings. The fourth-order valence-electron chi connectivity index (χ4n) is 3.56. The molecule has 4 rings (SSSR count). The highest BCUT2D eigenvalue weighted by atomic mass is 32.2. The van der Waals surface area contributed by atoms with Crippen LogP contribution < -0.4 is 4.90 Å². The van der Waals surface area contributed by atoms with Crippen LogP contribution in [-0.2, 0) is 9.53 Å². The van der Waals surface area contributed by atoms with Crippen molar-refractivity contribution >= 4 is 23.6 Å². The van der Waals surface area contributed by atoms with Gasteiger partial charge in [-0.15, -0.1) is 10.2 Å². The van der Waals surface area contributed by atoms with Gasteiger partial charge in [0.1, 0.15) is 5.25 Å². The number of nitrogens with zero attached hydrogens (tertiary/aromatic N) is 5. The molecule has 1 aliphatic heterocycles. The molecule has 1 aliphatic rings. The molecule has 0 aliphatic carbocycles. The third kappa shape index (κ3) is 4.60. The van der Waals surface area contributed by atoms with Crippen molar-refractivity contribution in [1.29, 1.82) is 0 Å². The van der Waals surface area contributed by atoms with Crippen LogP contribution >= 0.6 is 11.8 Å². The molecule has 1 amide bonds. The first-order valence-electron chi connectivity index (χ1n) is 10.3. The Morgan fingerprint density at radius 3 is 2.39 bits per heavy atom. The molecule has 162 valence electrons. The van der Waals surface area contributed by atoms with E-state index < -0.39 is 5.25 Å². The molecule has 31 heavy (non-hydrogen) atoms. The van der Waals surface area contributed by atoms with Gasteiger partial charge < -0.3 is 14.5 Å². The number of para-hydroxylation sites is 1. The number of anilines is 1. The Morgan fingerprint density at radius 2 is 1.71 bits per heavy atom. The van der Waals surface area contributed by atoms with Gasteiger partial charge in [0, 0.05) is 27.2 Å². The minimum atomic E-state index is -0.416. The summed E-state index contributed by atoms with van der Waals surface area (Å²) in [6.45, 7) is 4.91. The van der Waals surface area contributed by atoms with Gasteiger partial charge in [0.05, 0.1) is 18.9 Å². The average Bonchev–Trinajstić information content (AvgIpc) is 3.22. The number of hydrogen-bond acceptors (Lipinski definition) is 6. The molecule has 1 saturated heterocycles. The summed E-state index contributed by atoms with van der Waals surface area (Å²) in [4.78, 5) is 16.9. The van der Waals surface area contributed by atoms with E-state index >= 15 is 0 Å². The molecule has 8 heteroatoms. The predicted molar refractivity (Wildman–Crippen MR) is 123 cm³/mol. The van der Waals surface area contributed by atoms with Gasteiger partial charge >= 0.3 is 0 Å². The van der Waals surface area contributed by atoms with Crippen molar-refractivity contribution in [2.45, 2.75) is 17.3 Å². The van der Waals surface area contributed by atoms with Gasteiger partial charge in [0.25, 0.3) is 0 Å². The summed E-state index contributed by atoms with van der Waals surface area (Å²) in [5.74, 6) is 0.799. The van der Waals surface area contributed by atoms with Crippen molar-refractivity contribution in [3.05, 3.63) is 65.7 Å². The molecule has 0 radical (unpaired) electrons. The Hall–Kier alpha value is -2.84. The number of aryl methyl sites for hydroxylation is 1. The topological polar surface area (TPSA) is 63.5 Å². The van der Waals surface area contributed by atoms with E-state index in [1.165, 1.54) is 11.8 Å². The number of rotatable bonds is 6. The third-order valence-corrected chi connectivity index (χ3v) is 6.44. The smallest absolute Gasteiger partial charge is 0.240 e. The molecule has 2 heterocycles. The Kier molecular flexibility index (Phi) is 6.58. The van der Waals surface area contributed by atoms with Crippen LogP contribution in [0.1, 0.15) is 16.4 Å². The first kappa shape index (κ1) is 21.4. The zero-order valence-corrected chi connectivity index (χ0v) is 18.9. The number of ether oxygens (including phenoxy) is 1. The maximum atomic E-state index is 13.1. The van der Waals surface area contributed by atoms with E-state index in [9.17, 15) is 4.79 Å². The second kappa shape index (κ2) is 9.53. The Bertz CT molecular complexity index is 1030. The summed E-state index contributed by atoms with van der Waals surface area (Å²) in [6.07, 6.45) is 0. The number of morpholine rings is 1. The predicted octanol–water partition coefficient (Wildman–Crippen LogP) is 3.33. The van der Waals surface area contributed by atoms with Gasteiger partial charge in [-0.3, -0.25) is 9.36 Å². The molecule has 0 spiro atoms. The van der Waals surface area contributed by atoms with Crippen LogP contribution in [0.4, 0.5) is 5.95 Å². The van der Waals surface area contributed by atoms with Crippen molar-refractivity contribution in [2.75, 3.05) is 45.3 Å². The Labute approximate surface area is 187 Å². The van der Waals surface area contributed by atoms with E-state index in [-0.39, 0.29) is 5.91 Å². The molecular formula is C23H27N5O2S. The number of carbonyl (C=O) groups is 1. The Morgan fingerprint density at radius 1 is 1.03 bits per heavy atom. The molecule has 7 nitrogen and oxygen atoms in total.